The largest absolute Gasteiger partial charge is 0.495 e. The number of aldehydes is 1. The van der Waals surface area contributed by atoms with Crippen LogP contribution >= 0.6 is 11.6 Å². The van der Waals surface area contributed by atoms with Crippen LogP contribution in [-0.4, -0.2) is 23.4 Å². The first-order chi connectivity index (χ1) is 9.15. The molecule has 0 radical (unpaired) electrons. The maximum atomic E-state index is 11.1. The summed E-state index contributed by atoms with van der Waals surface area (Å²) < 4.78 is 5.22. The number of nitrogens with zero attached hydrogens (tertiary/aromatic N) is 2. The van der Waals surface area contributed by atoms with Crippen LogP contribution < -0.4 is 10.1 Å². The Labute approximate surface area is 115 Å². The van der Waals surface area contributed by atoms with E-state index >= 15 is 0 Å². The summed E-state index contributed by atoms with van der Waals surface area (Å²) in [6.07, 6.45) is 0.625. The van der Waals surface area contributed by atoms with Gasteiger partial charge in [0.15, 0.2) is 6.29 Å². The summed E-state index contributed by atoms with van der Waals surface area (Å²) in [5.74, 6) is 1.48. The molecule has 2 aromatic rings. The number of anilines is 2. The molecule has 0 atom stereocenters. The molecule has 0 saturated heterocycles. The van der Waals surface area contributed by atoms with Gasteiger partial charge in [0.1, 0.15) is 22.5 Å². The standard InChI is InChI=1S/C13H12ClN3O2/c1-8-15-12(14)9(7-18)13(16-8)17-10-5-3-4-6-11(10)19-2/h3-7H,1-2H3,(H,15,16,17). The van der Waals surface area contributed by atoms with Crippen LogP contribution in [-0.2, 0) is 0 Å². The topological polar surface area (TPSA) is 64.1 Å². The minimum Gasteiger partial charge on any atom is -0.495 e. The zero-order chi connectivity index (χ0) is 13.8. The first-order valence-electron chi connectivity index (χ1n) is 5.55. The van der Waals surface area contributed by atoms with Crippen molar-refractivity contribution in [1.29, 1.82) is 0 Å². The van der Waals surface area contributed by atoms with Crippen molar-refractivity contribution in [2.24, 2.45) is 0 Å². The van der Waals surface area contributed by atoms with E-state index in [4.69, 9.17) is 16.3 Å². The average molecular weight is 278 g/mol. The van der Waals surface area contributed by atoms with Gasteiger partial charge in [-0.2, -0.15) is 0 Å². The first kappa shape index (κ1) is 13.3. The normalized spacial score (nSPS) is 10.1. The first-order valence-corrected chi connectivity index (χ1v) is 5.93. The summed E-state index contributed by atoms with van der Waals surface area (Å²) in [5, 5.41) is 3.16. The van der Waals surface area contributed by atoms with Gasteiger partial charge < -0.3 is 10.1 Å². The lowest BCUT2D eigenvalue weighted by Crippen LogP contribution is -2.04. The predicted octanol–water partition coefficient (Wildman–Crippen LogP) is 3.00. The van der Waals surface area contributed by atoms with Gasteiger partial charge in [-0.3, -0.25) is 4.79 Å². The lowest BCUT2D eigenvalue weighted by molar-refractivity contribution is 0.112. The Morgan fingerprint density at radius 3 is 2.74 bits per heavy atom. The highest BCUT2D eigenvalue weighted by molar-refractivity contribution is 6.32. The van der Waals surface area contributed by atoms with Crippen molar-refractivity contribution in [3.63, 3.8) is 0 Å². The summed E-state index contributed by atoms with van der Waals surface area (Å²) in [6.45, 7) is 1.70. The summed E-state index contributed by atoms with van der Waals surface area (Å²) in [4.78, 5) is 19.2. The molecule has 6 heteroatoms. The molecule has 0 bridgehead atoms. The van der Waals surface area contributed by atoms with E-state index < -0.39 is 0 Å². The second-order valence-corrected chi connectivity index (χ2v) is 4.13. The molecule has 1 heterocycles. The number of aryl methyl sites for hydroxylation is 1. The molecule has 0 aliphatic heterocycles. The van der Waals surface area contributed by atoms with Gasteiger partial charge in [-0.05, 0) is 19.1 Å². The van der Waals surface area contributed by atoms with Crippen LogP contribution in [0, 0.1) is 6.92 Å². The molecule has 5 nitrogen and oxygen atoms in total. The van der Waals surface area contributed by atoms with E-state index in [0.29, 0.717) is 29.4 Å². The van der Waals surface area contributed by atoms with Crippen LogP contribution in [0.4, 0.5) is 11.5 Å². The van der Waals surface area contributed by atoms with Crippen LogP contribution in [0.5, 0.6) is 5.75 Å². The average Bonchev–Trinajstić information content (AvgIpc) is 2.39. The Kier molecular flexibility index (Phi) is 3.97. The third kappa shape index (κ3) is 2.82. The molecule has 0 aliphatic carbocycles. The molecule has 2 rings (SSSR count). The molecule has 0 aliphatic rings. The summed E-state index contributed by atoms with van der Waals surface area (Å²) in [7, 11) is 1.57. The number of para-hydroxylation sites is 2. The number of methoxy groups -OCH3 is 1. The van der Waals surface area contributed by atoms with Gasteiger partial charge >= 0.3 is 0 Å². The van der Waals surface area contributed by atoms with Crippen molar-refractivity contribution in [2.75, 3.05) is 12.4 Å². The number of halogens is 1. The molecular weight excluding hydrogens is 266 g/mol. The van der Waals surface area contributed by atoms with Gasteiger partial charge in [-0.25, -0.2) is 9.97 Å². The number of rotatable bonds is 4. The minimum atomic E-state index is 0.125. The lowest BCUT2D eigenvalue weighted by atomic mass is 10.2. The van der Waals surface area contributed by atoms with Gasteiger partial charge in [0.2, 0.25) is 0 Å². The predicted molar refractivity (Wildman–Crippen MR) is 73.4 cm³/mol. The highest BCUT2D eigenvalue weighted by atomic mass is 35.5. The smallest absolute Gasteiger partial charge is 0.156 e. The Morgan fingerprint density at radius 2 is 2.05 bits per heavy atom. The van der Waals surface area contributed by atoms with E-state index in [1.54, 1.807) is 20.1 Å². The third-order valence-corrected chi connectivity index (χ3v) is 2.78. The Balaban J connectivity index is 2.46. The fourth-order valence-corrected chi connectivity index (χ4v) is 1.88. The number of nitrogens with one attached hydrogen (secondary N) is 1. The highest BCUT2D eigenvalue weighted by Gasteiger charge is 2.12. The van der Waals surface area contributed by atoms with Crippen molar-refractivity contribution >= 4 is 29.4 Å². The van der Waals surface area contributed by atoms with Crippen molar-refractivity contribution in [3.05, 3.63) is 40.8 Å². The van der Waals surface area contributed by atoms with Crippen LogP contribution in [0.15, 0.2) is 24.3 Å². The van der Waals surface area contributed by atoms with E-state index in [-0.39, 0.29) is 10.7 Å². The molecular formula is C13H12ClN3O2. The molecule has 1 aromatic carbocycles. The van der Waals surface area contributed by atoms with Crippen molar-refractivity contribution in [2.45, 2.75) is 6.92 Å². The van der Waals surface area contributed by atoms with Gasteiger partial charge in [-0.15, -0.1) is 0 Å². The molecule has 1 aromatic heterocycles. The number of hydrogen-bond donors (Lipinski definition) is 1. The van der Waals surface area contributed by atoms with E-state index in [9.17, 15) is 4.79 Å². The number of benzene rings is 1. The van der Waals surface area contributed by atoms with Crippen LogP contribution in [0.3, 0.4) is 0 Å². The summed E-state index contributed by atoms with van der Waals surface area (Å²) in [6, 6.07) is 7.32. The fraction of sp³-hybridized carbons (Fsp3) is 0.154. The Hall–Kier alpha value is -2.14. The molecule has 0 saturated carbocycles. The second kappa shape index (κ2) is 5.67. The lowest BCUT2D eigenvalue weighted by Gasteiger charge is -2.12. The molecule has 0 unspecified atom stereocenters. The van der Waals surface area contributed by atoms with Crippen molar-refractivity contribution in [3.8, 4) is 5.75 Å². The van der Waals surface area contributed by atoms with E-state index in [1.165, 1.54) is 0 Å². The Bertz CT molecular complexity index is 617. The van der Waals surface area contributed by atoms with Crippen LogP contribution in [0.2, 0.25) is 5.15 Å². The maximum Gasteiger partial charge on any atom is 0.156 e. The number of hydrogen-bond acceptors (Lipinski definition) is 5. The minimum absolute atomic E-state index is 0.125. The van der Waals surface area contributed by atoms with Gasteiger partial charge in [0, 0.05) is 0 Å². The molecule has 98 valence electrons. The molecule has 0 amide bonds. The van der Waals surface area contributed by atoms with Gasteiger partial charge in [0.25, 0.3) is 0 Å². The maximum absolute atomic E-state index is 11.1. The molecule has 0 fully saturated rings. The van der Waals surface area contributed by atoms with Gasteiger partial charge in [-0.1, -0.05) is 23.7 Å². The number of ether oxygens (including phenoxy) is 1. The van der Waals surface area contributed by atoms with Gasteiger partial charge in [0.05, 0.1) is 18.4 Å². The summed E-state index contributed by atoms with van der Waals surface area (Å²) >= 11 is 5.92. The molecule has 0 spiro atoms. The van der Waals surface area contributed by atoms with E-state index in [0.717, 1.165) is 0 Å². The van der Waals surface area contributed by atoms with Crippen molar-refractivity contribution < 1.29 is 9.53 Å². The summed E-state index contributed by atoms with van der Waals surface area (Å²) in [5.41, 5.74) is 0.917. The van der Waals surface area contributed by atoms with E-state index in [2.05, 4.69) is 15.3 Å². The Morgan fingerprint density at radius 1 is 1.32 bits per heavy atom. The SMILES string of the molecule is COc1ccccc1Nc1nc(C)nc(Cl)c1C=O. The zero-order valence-corrected chi connectivity index (χ0v) is 11.2. The monoisotopic (exact) mass is 277 g/mol. The number of carbonyl (C=O) groups is 1. The molecule has 1 N–H and O–H groups in total. The zero-order valence-electron chi connectivity index (χ0n) is 10.5. The number of carbonyl (C=O) groups excluding carboxylic acids is 1. The second-order valence-electron chi connectivity index (χ2n) is 3.77. The quantitative estimate of drug-likeness (QED) is 0.687. The van der Waals surface area contributed by atoms with Crippen LogP contribution in [0.1, 0.15) is 16.2 Å². The van der Waals surface area contributed by atoms with E-state index in [1.807, 2.05) is 18.2 Å². The van der Waals surface area contributed by atoms with Crippen LogP contribution in [0.25, 0.3) is 0 Å². The molecule has 19 heavy (non-hydrogen) atoms. The third-order valence-electron chi connectivity index (χ3n) is 2.49. The number of aromatic nitrogens is 2. The van der Waals surface area contributed by atoms with Crippen molar-refractivity contribution in [1.82, 2.24) is 9.97 Å². The fourth-order valence-electron chi connectivity index (χ4n) is 1.62. The highest BCUT2D eigenvalue weighted by Crippen LogP contribution is 2.28.